The van der Waals surface area contributed by atoms with Crippen molar-refractivity contribution >= 4 is 0 Å². The summed E-state index contributed by atoms with van der Waals surface area (Å²) in [4.78, 5) is 0. The zero-order valence-corrected chi connectivity index (χ0v) is 10.8. The van der Waals surface area contributed by atoms with Crippen LogP contribution in [0.25, 0.3) is 0 Å². The van der Waals surface area contributed by atoms with Crippen LogP contribution in [-0.2, 0) is 0 Å². The Hall–Kier alpha value is -1.94. The highest BCUT2D eigenvalue weighted by atomic mass is 19.1. The van der Waals surface area contributed by atoms with Crippen molar-refractivity contribution < 1.29 is 13.5 Å². The predicted molar refractivity (Wildman–Crippen MR) is 70.3 cm³/mol. The highest BCUT2D eigenvalue weighted by molar-refractivity contribution is 5.38. The minimum absolute atomic E-state index is 0.175. The van der Waals surface area contributed by atoms with Crippen LogP contribution in [0.3, 0.4) is 0 Å². The maximum absolute atomic E-state index is 14.2. The molecule has 100 valence electrons. The molecule has 2 nitrogen and oxygen atoms in total. The molecule has 0 bridgehead atoms. The van der Waals surface area contributed by atoms with Gasteiger partial charge in [-0.05, 0) is 30.8 Å². The second-order valence-electron chi connectivity index (χ2n) is 4.14. The van der Waals surface area contributed by atoms with E-state index in [2.05, 4.69) is 5.32 Å². The van der Waals surface area contributed by atoms with Crippen molar-refractivity contribution in [2.24, 2.45) is 0 Å². The lowest BCUT2D eigenvalue weighted by molar-refractivity contribution is 0.382. The van der Waals surface area contributed by atoms with Crippen molar-refractivity contribution in [3.8, 4) is 5.75 Å². The summed E-state index contributed by atoms with van der Waals surface area (Å²) in [5.74, 6) is -0.608. The minimum atomic E-state index is -0.436. The molecule has 0 amide bonds. The monoisotopic (exact) mass is 263 g/mol. The molecule has 0 saturated carbocycles. The van der Waals surface area contributed by atoms with Crippen LogP contribution < -0.4 is 10.1 Å². The van der Waals surface area contributed by atoms with E-state index in [0.717, 1.165) is 0 Å². The van der Waals surface area contributed by atoms with Crippen LogP contribution in [0.4, 0.5) is 8.78 Å². The summed E-state index contributed by atoms with van der Waals surface area (Å²) in [6.45, 7) is 0. The predicted octanol–water partition coefficient (Wildman–Crippen LogP) is 3.28. The molecule has 1 atom stereocenters. The third-order valence-corrected chi connectivity index (χ3v) is 2.99. The summed E-state index contributed by atoms with van der Waals surface area (Å²) in [5.41, 5.74) is 1.09. The molecule has 0 saturated heterocycles. The summed E-state index contributed by atoms with van der Waals surface area (Å²) < 4.78 is 32.5. The van der Waals surface area contributed by atoms with Gasteiger partial charge in [-0.15, -0.1) is 0 Å². The van der Waals surface area contributed by atoms with E-state index >= 15 is 0 Å². The van der Waals surface area contributed by atoms with E-state index in [1.165, 1.54) is 19.2 Å². The summed E-state index contributed by atoms with van der Waals surface area (Å²) in [5, 5.41) is 2.99. The number of hydrogen-bond donors (Lipinski definition) is 1. The van der Waals surface area contributed by atoms with Crippen molar-refractivity contribution in [1.29, 1.82) is 0 Å². The lowest BCUT2D eigenvalue weighted by Crippen LogP contribution is -2.19. The molecule has 19 heavy (non-hydrogen) atoms. The molecule has 0 aliphatic heterocycles. The molecule has 1 unspecified atom stereocenters. The average molecular weight is 263 g/mol. The Morgan fingerprint density at radius 2 is 1.84 bits per heavy atom. The largest absolute Gasteiger partial charge is 0.494 e. The molecule has 0 fully saturated rings. The van der Waals surface area contributed by atoms with Crippen LogP contribution in [0.15, 0.2) is 42.5 Å². The van der Waals surface area contributed by atoms with Gasteiger partial charge >= 0.3 is 0 Å². The molecule has 1 N–H and O–H groups in total. The average Bonchev–Trinajstić information content (AvgIpc) is 2.41. The second kappa shape index (κ2) is 5.80. The number of ether oxygens (including phenoxy) is 1. The number of rotatable bonds is 4. The number of nitrogens with one attached hydrogen (secondary N) is 1. The van der Waals surface area contributed by atoms with E-state index in [4.69, 9.17) is 4.74 Å². The van der Waals surface area contributed by atoms with E-state index in [1.807, 2.05) is 0 Å². The maximum Gasteiger partial charge on any atom is 0.170 e. The van der Waals surface area contributed by atoms with Gasteiger partial charge in [-0.3, -0.25) is 0 Å². The highest BCUT2D eigenvalue weighted by Gasteiger charge is 2.19. The molecule has 2 aromatic rings. The topological polar surface area (TPSA) is 21.3 Å². The van der Waals surface area contributed by atoms with Crippen molar-refractivity contribution in [1.82, 2.24) is 5.32 Å². The van der Waals surface area contributed by atoms with Crippen LogP contribution >= 0.6 is 0 Å². The summed E-state index contributed by atoms with van der Waals surface area (Å²) in [6, 6.07) is 10.6. The van der Waals surface area contributed by atoms with Gasteiger partial charge < -0.3 is 10.1 Å². The molecular formula is C15H15F2NO. The van der Waals surface area contributed by atoms with Crippen molar-refractivity contribution in [2.45, 2.75) is 6.04 Å². The Morgan fingerprint density at radius 1 is 1.11 bits per heavy atom. The smallest absolute Gasteiger partial charge is 0.170 e. The molecule has 2 rings (SSSR count). The van der Waals surface area contributed by atoms with E-state index in [1.54, 1.807) is 37.4 Å². The van der Waals surface area contributed by atoms with Crippen LogP contribution in [0.2, 0.25) is 0 Å². The lowest BCUT2D eigenvalue weighted by atomic mass is 9.98. The first-order valence-corrected chi connectivity index (χ1v) is 5.92. The third-order valence-electron chi connectivity index (χ3n) is 2.99. The molecule has 0 radical (unpaired) electrons. The Labute approximate surface area is 111 Å². The van der Waals surface area contributed by atoms with Crippen LogP contribution in [0, 0.1) is 11.6 Å². The fourth-order valence-electron chi connectivity index (χ4n) is 2.10. The van der Waals surface area contributed by atoms with E-state index < -0.39 is 11.9 Å². The van der Waals surface area contributed by atoms with Gasteiger partial charge in [-0.1, -0.05) is 24.3 Å². The van der Waals surface area contributed by atoms with Crippen LogP contribution in [0.1, 0.15) is 17.2 Å². The van der Waals surface area contributed by atoms with Crippen molar-refractivity contribution in [3.05, 3.63) is 65.2 Å². The normalized spacial score (nSPS) is 12.2. The SMILES string of the molecule is CNC(c1cccc(F)c1)c1cccc(OC)c1F. The highest BCUT2D eigenvalue weighted by Crippen LogP contribution is 2.29. The number of halogens is 2. The molecule has 4 heteroatoms. The van der Waals surface area contributed by atoms with E-state index in [-0.39, 0.29) is 11.6 Å². The van der Waals surface area contributed by atoms with Gasteiger partial charge in [0.05, 0.1) is 13.2 Å². The molecule has 0 aromatic heterocycles. The van der Waals surface area contributed by atoms with Crippen molar-refractivity contribution in [3.63, 3.8) is 0 Å². The Bertz CT molecular complexity index is 572. The molecule has 0 aliphatic rings. The van der Waals surface area contributed by atoms with E-state index in [0.29, 0.717) is 11.1 Å². The van der Waals surface area contributed by atoms with Gasteiger partial charge in [0.2, 0.25) is 0 Å². The molecule has 0 spiro atoms. The third kappa shape index (κ3) is 2.74. The fourth-order valence-corrected chi connectivity index (χ4v) is 2.10. The first-order valence-electron chi connectivity index (χ1n) is 5.92. The Balaban J connectivity index is 2.48. The molecule has 0 heterocycles. The lowest BCUT2D eigenvalue weighted by Gasteiger charge is -2.19. The van der Waals surface area contributed by atoms with Gasteiger partial charge in [0.1, 0.15) is 5.82 Å². The minimum Gasteiger partial charge on any atom is -0.494 e. The first kappa shape index (κ1) is 13.5. The number of benzene rings is 2. The second-order valence-corrected chi connectivity index (χ2v) is 4.14. The molecule has 2 aromatic carbocycles. The van der Waals surface area contributed by atoms with Gasteiger partial charge in [-0.25, -0.2) is 8.78 Å². The Morgan fingerprint density at radius 3 is 2.47 bits per heavy atom. The van der Waals surface area contributed by atoms with Crippen LogP contribution in [0.5, 0.6) is 5.75 Å². The quantitative estimate of drug-likeness (QED) is 0.914. The molecule has 0 aliphatic carbocycles. The van der Waals surface area contributed by atoms with E-state index in [9.17, 15) is 8.78 Å². The summed E-state index contributed by atoms with van der Waals surface area (Å²) >= 11 is 0. The van der Waals surface area contributed by atoms with Crippen molar-refractivity contribution in [2.75, 3.05) is 14.2 Å². The van der Waals surface area contributed by atoms with Gasteiger partial charge in [-0.2, -0.15) is 0 Å². The standard InChI is InChI=1S/C15H15F2NO/c1-18-15(10-5-3-6-11(16)9-10)12-7-4-8-13(19-2)14(12)17/h3-9,15,18H,1-2H3. The van der Waals surface area contributed by atoms with Gasteiger partial charge in [0, 0.05) is 5.56 Å². The fraction of sp³-hybridized carbons (Fsp3) is 0.200. The van der Waals surface area contributed by atoms with Crippen LogP contribution in [-0.4, -0.2) is 14.2 Å². The molecular weight excluding hydrogens is 248 g/mol. The zero-order chi connectivity index (χ0) is 13.8. The number of hydrogen-bond acceptors (Lipinski definition) is 2. The Kier molecular flexibility index (Phi) is 4.12. The summed E-state index contributed by atoms with van der Waals surface area (Å²) in [7, 11) is 3.12. The van der Waals surface area contributed by atoms with Gasteiger partial charge in [0.25, 0.3) is 0 Å². The maximum atomic E-state index is 14.2. The number of methoxy groups -OCH3 is 1. The summed E-state index contributed by atoms with van der Waals surface area (Å²) in [6.07, 6.45) is 0. The van der Waals surface area contributed by atoms with Gasteiger partial charge in [0.15, 0.2) is 11.6 Å². The zero-order valence-electron chi connectivity index (χ0n) is 10.8. The first-order chi connectivity index (χ1) is 9.17.